The Hall–Kier alpha value is -0.730. The Labute approximate surface area is 85.4 Å². The van der Waals surface area contributed by atoms with Crippen molar-refractivity contribution in [3.8, 4) is 0 Å². The predicted molar refractivity (Wildman–Crippen MR) is 44.9 cm³/mol. The van der Waals surface area contributed by atoms with Gasteiger partial charge in [-0.15, -0.1) is 0 Å². The molecule has 0 bridgehead atoms. The van der Waals surface area contributed by atoms with Gasteiger partial charge in [0.15, 0.2) is 6.23 Å². The molecule has 0 radical (unpaired) electrons. The number of amides is 1. The topological polar surface area (TPSA) is 93.0 Å². The summed E-state index contributed by atoms with van der Waals surface area (Å²) >= 11 is 0. The summed E-state index contributed by atoms with van der Waals surface area (Å²) in [7, 11) is 0. The van der Waals surface area contributed by atoms with E-state index >= 15 is 0 Å². The molecule has 0 aromatic rings. The van der Waals surface area contributed by atoms with Gasteiger partial charge in [-0.3, -0.25) is 4.79 Å². The third kappa shape index (κ3) is 0.822. The van der Waals surface area contributed by atoms with Crippen LogP contribution in [0, 0.1) is 0 Å². The Bertz CT molecular complexity index is 337. The quantitative estimate of drug-likeness (QED) is 0.410. The number of hydrogen-bond donors (Lipinski definition) is 3. The van der Waals surface area contributed by atoms with Gasteiger partial charge in [-0.25, -0.2) is 5.01 Å². The van der Waals surface area contributed by atoms with Crippen LogP contribution in [-0.4, -0.2) is 68.1 Å². The Balaban J connectivity index is 1.81. The van der Waals surface area contributed by atoms with Crippen molar-refractivity contribution in [2.45, 2.75) is 37.1 Å². The maximum absolute atomic E-state index is 11.1. The van der Waals surface area contributed by atoms with Gasteiger partial charge >= 0.3 is 0 Å². The van der Waals surface area contributed by atoms with Crippen molar-refractivity contribution in [1.82, 2.24) is 10.0 Å². The van der Waals surface area contributed by atoms with Gasteiger partial charge in [0.05, 0.1) is 6.61 Å². The zero-order valence-corrected chi connectivity index (χ0v) is 8.07. The van der Waals surface area contributed by atoms with Crippen LogP contribution >= 0.6 is 0 Å². The summed E-state index contributed by atoms with van der Waals surface area (Å²) in [6.45, 7) is 1.04. The summed E-state index contributed by atoms with van der Waals surface area (Å²) in [5.74, 6) is -0.191. The highest BCUT2D eigenvalue weighted by Gasteiger charge is 2.93. The summed E-state index contributed by atoms with van der Waals surface area (Å²) in [6, 6.07) is 0. The van der Waals surface area contributed by atoms with Gasteiger partial charge in [0, 0.05) is 6.92 Å². The minimum atomic E-state index is -1.17. The zero-order valence-electron chi connectivity index (χ0n) is 8.07. The van der Waals surface area contributed by atoms with E-state index in [-0.39, 0.29) is 18.7 Å². The number of hydrogen-bond acceptors (Lipinski definition) is 6. The molecule has 1 spiro atoms. The lowest BCUT2D eigenvalue weighted by Gasteiger charge is -2.35. The predicted octanol–water partition coefficient (Wildman–Crippen LogP) is -2.79. The number of rotatable bonds is 1. The molecule has 3 heterocycles. The Morgan fingerprint density at radius 1 is 1.53 bits per heavy atom. The van der Waals surface area contributed by atoms with Crippen molar-refractivity contribution < 1.29 is 24.9 Å². The highest BCUT2D eigenvalue weighted by Crippen LogP contribution is 2.66. The second kappa shape index (κ2) is 2.50. The smallest absolute Gasteiger partial charge is 0.235 e. The van der Waals surface area contributed by atoms with E-state index in [4.69, 9.17) is 9.84 Å². The average Bonchev–Trinajstić information content (AvgIpc) is 3.01. The lowest BCUT2D eigenvalue weighted by atomic mass is 9.98. The van der Waals surface area contributed by atoms with Gasteiger partial charge in [-0.1, -0.05) is 0 Å². The molecule has 1 amide bonds. The number of carbonyl (C=O) groups excluding carboxylic acids is 1. The second-order valence-electron chi connectivity index (χ2n) is 4.10. The van der Waals surface area contributed by atoms with Crippen LogP contribution in [-0.2, 0) is 9.53 Å². The molecule has 0 aromatic carbocycles. The number of ether oxygens (including phenoxy) is 1. The van der Waals surface area contributed by atoms with Gasteiger partial charge < -0.3 is 20.1 Å². The van der Waals surface area contributed by atoms with Crippen LogP contribution in [0.25, 0.3) is 0 Å². The van der Waals surface area contributed by atoms with Gasteiger partial charge in [-0.05, 0) is 0 Å². The molecular weight excluding hydrogens is 204 g/mol. The Morgan fingerprint density at radius 3 is 2.73 bits per heavy atom. The maximum atomic E-state index is 11.1. The molecule has 15 heavy (non-hydrogen) atoms. The van der Waals surface area contributed by atoms with E-state index in [1.54, 1.807) is 5.01 Å². The largest absolute Gasteiger partial charge is 0.394 e. The highest BCUT2D eigenvalue weighted by atomic mass is 16.6. The Morgan fingerprint density at radius 2 is 2.20 bits per heavy atom. The standard InChI is InChI=1S/C8H12N2O5/c1-3(12)9-8-6(14)5(13)4(2-11)15-7(8)10(8)9/h4-7,11,13-14H,2H2,1H3/t4-,5-,6+,7+,8-,9?,10?/m1/s1. The van der Waals surface area contributed by atoms with E-state index in [0.29, 0.717) is 0 Å². The molecule has 84 valence electrons. The number of fused-ring (bicyclic) bond motifs is 1. The van der Waals surface area contributed by atoms with Crippen molar-refractivity contribution >= 4 is 5.91 Å². The normalized spacial score (nSPS) is 55.7. The minimum absolute atomic E-state index is 0.191. The highest BCUT2D eigenvalue weighted by molar-refractivity contribution is 5.79. The average molecular weight is 216 g/mol. The second-order valence-corrected chi connectivity index (χ2v) is 4.10. The van der Waals surface area contributed by atoms with Crippen LogP contribution in [0.5, 0.6) is 0 Å². The zero-order chi connectivity index (χ0) is 11.0. The van der Waals surface area contributed by atoms with Crippen molar-refractivity contribution in [2.24, 2.45) is 0 Å². The Kier molecular flexibility index (Phi) is 1.58. The van der Waals surface area contributed by atoms with Gasteiger partial charge in [0.1, 0.15) is 18.3 Å². The maximum Gasteiger partial charge on any atom is 0.235 e. The van der Waals surface area contributed by atoms with E-state index in [2.05, 4.69) is 0 Å². The minimum Gasteiger partial charge on any atom is -0.394 e. The molecule has 3 aliphatic heterocycles. The first-order chi connectivity index (χ1) is 7.06. The molecule has 3 rings (SSSR count). The summed E-state index contributed by atoms with van der Waals surface area (Å²) in [5.41, 5.74) is -0.850. The van der Waals surface area contributed by atoms with Crippen molar-refractivity contribution in [3.63, 3.8) is 0 Å². The molecule has 7 nitrogen and oxygen atoms in total. The summed E-state index contributed by atoms with van der Waals surface area (Å²) < 4.78 is 5.30. The number of nitrogens with zero attached hydrogens (tertiary/aromatic N) is 2. The van der Waals surface area contributed by atoms with Crippen LogP contribution < -0.4 is 0 Å². The van der Waals surface area contributed by atoms with Crippen LogP contribution in [0.4, 0.5) is 0 Å². The summed E-state index contributed by atoms with van der Waals surface area (Å²) in [6.07, 6.45) is -3.41. The molecule has 3 N–H and O–H groups in total. The molecule has 1 unspecified atom stereocenters. The van der Waals surface area contributed by atoms with Crippen LogP contribution in [0.1, 0.15) is 6.92 Å². The van der Waals surface area contributed by atoms with E-state index in [9.17, 15) is 15.0 Å². The lowest BCUT2D eigenvalue weighted by Crippen LogP contribution is -2.57. The van der Waals surface area contributed by atoms with Crippen molar-refractivity contribution in [3.05, 3.63) is 0 Å². The van der Waals surface area contributed by atoms with E-state index in [1.165, 1.54) is 11.9 Å². The van der Waals surface area contributed by atoms with Crippen LogP contribution in [0.15, 0.2) is 0 Å². The molecule has 6 atom stereocenters. The fraction of sp³-hybridized carbons (Fsp3) is 0.875. The molecule has 3 fully saturated rings. The summed E-state index contributed by atoms with van der Waals surface area (Å²) in [4.78, 5) is 11.1. The summed E-state index contributed by atoms with van der Waals surface area (Å²) in [5, 5.41) is 31.3. The number of hydrazine groups is 1. The van der Waals surface area contributed by atoms with E-state index in [1.807, 2.05) is 0 Å². The first-order valence-corrected chi connectivity index (χ1v) is 4.79. The van der Waals surface area contributed by atoms with E-state index < -0.39 is 24.0 Å². The first-order valence-electron chi connectivity index (χ1n) is 4.79. The molecule has 3 aliphatic rings. The van der Waals surface area contributed by atoms with E-state index in [0.717, 1.165) is 0 Å². The number of carbonyl (C=O) groups is 1. The fourth-order valence-corrected chi connectivity index (χ4v) is 2.49. The molecule has 7 heteroatoms. The third-order valence-electron chi connectivity index (χ3n) is 3.32. The van der Waals surface area contributed by atoms with Crippen LogP contribution in [0.3, 0.4) is 0 Å². The van der Waals surface area contributed by atoms with Crippen LogP contribution in [0.2, 0.25) is 0 Å². The monoisotopic (exact) mass is 216 g/mol. The fourth-order valence-electron chi connectivity index (χ4n) is 2.49. The van der Waals surface area contributed by atoms with Gasteiger partial charge in [0.25, 0.3) is 0 Å². The van der Waals surface area contributed by atoms with Gasteiger partial charge in [0.2, 0.25) is 11.6 Å². The number of aliphatic hydroxyl groups is 3. The molecule has 3 saturated heterocycles. The third-order valence-corrected chi connectivity index (χ3v) is 3.32. The molecule has 0 aliphatic carbocycles. The molecule has 0 aromatic heterocycles. The number of aliphatic hydroxyl groups excluding tert-OH is 3. The molecule has 0 saturated carbocycles. The molecular formula is C8H12N2O5. The SMILES string of the molecule is CC(=O)N1N2[C@H]3O[C@H](CO)[C@@H](O)[C@H](O)[C@@]312. The van der Waals surface area contributed by atoms with Crippen molar-refractivity contribution in [2.75, 3.05) is 6.61 Å². The van der Waals surface area contributed by atoms with Gasteiger partial charge in [-0.2, -0.15) is 5.01 Å². The lowest BCUT2D eigenvalue weighted by molar-refractivity contribution is -0.194. The first kappa shape index (κ1) is 9.49. The van der Waals surface area contributed by atoms with Crippen molar-refractivity contribution in [1.29, 1.82) is 0 Å².